The molecule has 8 heteroatoms. The SMILES string of the molecule is [C-]#[N+]c1cccc(-c2cc(-n3c4ccccc4c4ccc(-c5ccc(-c6ccccc6)nc5)cc43)c(C(F)(F)F)cc2-n2c3ccccc3c3ccc(-c4ccc(-c5ccccc5)nc4)cc32)c1. The fourth-order valence-corrected chi connectivity index (χ4v) is 9.66. The van der Waals surface area contributed by atoms with Crippen LogP contribution >= 0.6 is 0 Å². The number of rotatable bonds is 7. The summed E-state index contributed by atoms with van der Waals surface area (Å²) in [4.78, 5) is 13.3. The molecular formula is C60H36F3N5. The maximum atomic E-state index is 16.2. The molecule has 5 nitrogen and oxygen atoms in total. The Balaban J connectivity index is 1.11. The van der Waals surface area contributed by atoms with Gasteiger partial charge in [0.15, 0.2) is 5.69 Å². The summed E-state index contributed by atoms with van der Waals surface area (Å²) in [6.07, 6.45) is -1.15. The van der Waals surface area contributed by atoms with Gasteiger partial charge in [0.25, 0.3) is 0 Å². The van der Waals surface area contributed by atoms with Crippen LogP contribution in [0.25, 0.3) is 116 Å². The van der Waals surface area contributed by atoms with Gasteiger partial charge in [0, 0.05) is 61.8 Å². The number of nitrogens with zero attached hydrogens (tertiary/aromatic N) is 5. The van der Waals surface area contributed by atoms with Gasteiger partial charge < -0.3 is 9.13 Å². The monoisotopic (exact) mass is 883 g/mol. The molecule has 0 saturated carbocycles. The third kappa shape index (κ3) is 6.88. The van der Waals surface area contributed by atoms with E-state index >= 15 is 13.2 Å². The largest absolute Gasteiger partial charge is 0.418 e. The Labute approximate surface area is 389 Å². The molecule has 322 valence electrons. The molecule has 0 amide bonds. The highest BCUT2D eigenvalue weighted by Crippen LogP contribution is 2.46. The van der Waals surface area contributed by atoms with E-state index in [4.69, 9.17) is 16.5 Å². The molecule has 4 aromatic heterocycles. The number of pyridine rings is 2. The third-order valence-corrected chi connectivity index (χ3v) is 12.9. The number of alkyl halides is 3. The lowest BCUT2D eigenvalue weighted by Gasteiger charge is -2.22. The smallest absolute Gasteiger partial charge is 0.309 e. The Morgan fingerprint density at radius 3 is 1.35 bits per heavy atom. The van der Waals surface area contributed by atoms with E-state index in [1.165, 1.54) is 6.07 Å². The summed E-state index contributed by atoms with van der Waals surface area (Å²) < 4.78 is 52.4. The molecule has 0 fully saturated rings. The van der Waals surface area contributed by atoms with Crippen molar-refractivity contribution in [2.75, 3.05) is 0 Å². The zero-order chi connectivity index (χ0) is 45.9. The van der Waals surface area contributed by atoms with Crippen LogP contribution < -0.4 is 0 Å². The predicted octanol–water partition coefficient (Wildman–Crippen LogP) is 16.6. The summed E-state index contributed by atoms with van der Waals surface area (Å²) in [6, 6.07) is 65.3. The van der Waals surface area contributed by atoms with Gasteiger partial charge in [-0.15, -0.1) is 0 Å². The fourth-order valence-electron chi connectivity index (χ4n) is 9.66. The van der Waals surface area contributed by atoms with E-state index in [9.17, 15) is 0 Å². The van der Waals surface area contributed by atoms with E-state index in [0.29, 0.717) is 33.5 Å². The van der Waals surface area contributed by atoms with Gasteiger partial charge in [-0.2, -0.15) is 13.2 Å². The Morgan fingerprint density at radius 2 is 0.853 bits per heavy atom. The lowest BCUT2D eigenvalue weighted by atomic mass is 9.98. The van der Waals surface area contributed by atoms with Crippen molar-refractivity contribution >= 4 is 49.3 Å². The first-order valence-corrected chi connectivity index (χ1v) is 22.1. The second-order valence-corrected chi connectivity index (χ2v) is 16.8. The van der Waals surface area contributed by atoms with E-state index < -0.39 is 11.7 Å². The first-order valence-electron chi connectivity index (χ1n) is 22.1. The molecule has 0 spiro atoms. The maximum Gasteiger partial charge on any atom is 0.418 e. The number of hydrogen-bond acceptors (Lipinski definition) is 2. The Morgan fingerprint density at radius 1 is 0.382 bits per heavy atom. The van der Waals surface area contributed by atoms with Gasteiger partial charge in [0.05, 0.1) is 57.0 Å². The van der Waals surface area contributed by atoms with E-state index in [2.05, 4.69) is 4.85 Å². The number of benzene rings is 8. The molecule has 0 aliphatic rings. The zero-order valence-electron chi connectivity index (χ0n) is 36.2. The summed E-state index contributed by atoms with van der Waals surface area (Å²) in [7, 11) is 0. The van der Waals surface area contributed by atoms with Gasteiger partial charge in [0.2, 0.25) is 0 Å². The average Bonchev–Trinajstić information content (AvgIpc) is 3.90. The Kier molecular flexibility index (Phi) is 9.59. The van der Waals surface area contributed by atoms with Crippen LogP contribution in [0.5, 0.6) is 0 Å². The number of hydrogen-bond donors (Lipinski definition) is 0. The van der Waals surface area contributed by atoms with Crippen LogP contribution in [0.4, 0.5) is 18.9 Å². The molecule has 0 aliphatic heterocycles. The van der Waals surface area contributed by atoms with E-state index in [0.717, 1.165) is 77.3 Å². The second-order valence-electron chi connectivity index (χ2n) is 16.8. The van der Waals surface area contributed by atoms with Gasteiger partial charge in [0.1, 0.15) is 0 Å². The van der Waals surface area contributed by atoms with Crippen molar-refractivity contribution in [3.63, 3.8) is 0 Å². The lowest BCUT2D eigenvalue weighted by molar-refractivity contribution is -0.137. The minimum atomic E-state index is -4.79. The molecule has 68 heavy (non-hydrogen) atoms. The summed E-state index contributed by atoms with van der Waals surface area (Å²) in [5.41, 5.74) is 10.8. The number of aromatic nitrogens is 4. The molecule has 4 heterocycles. The topological polar surface area (TPSA) is 40.0 Å². The fraction of sp³-hybridized carbons (Fsp3) is 0.0167. The molecule has 0 radical (unpaired) electrons. The maximum absolute atomic E-state index is 16.2. The number of fused-ring (bicyclic) bond motifs is 6. The molecule has 0 atom stereocenters. The molecule has 0 unspecified atom stereocenters. The van der Waals surface area contributed by atoms with Crippen LogP contribution in [0.15, 0.2) is 219 Å². The molecule has 0 bridgehead atoms. The minimum Gasteiger partial charge on any atom is -0.309 e. The average molecular weight is 884 g/mol. The van der Waals surface area contributed by atoms with Crippen LogP contribution in [-0.2, 0) is 6.18 Å². The zero-order valence-corrected chi connectivity index (χ0v) is 36.2. The van der Waals surface area contributed by atoms with Crippen molar-refractivity contribution in [2.45, 2.75) is 6.18 Å². The summed E-state index contributed by atoms with van der Waals surface area (Å²) in [5, 5.41) is 3.42. The predicted molar refractivity (Wildman–Crippen MR) is 269 cm³/mol. The second kappa shape index (κ2) is 16.1. The number of halogens is 3. The molecule has 12 aromatic rings. The highest BCUT2D eigenvalue weighted by molar-refractivity contribution is 6.12. The van der Waals surface area contributed by atoms with Crippen LogP contribution in [0.3, 0.4) is 0 Å². The molecule has 12 rings (SSSR count). The van der Waals surface area contributed by atoms with E-state index in [-0.39, 0.29) is 5.69 Å². The van der Waals surface area contributed by atoms with Gasteiger partial charge in [-0.3, -0.25) is 9.97 Å². The Hall–Kier alpha value is -9.06. The van der Waals surface area contributed by atoms with Crippen LogP contribution in [-0.4, -0.2) is 19.1 Å². The summed E-state index contributed by atoms with van der Waals surface area (Å²) in [6.45, 7) is 7.94. The standard InChI is InChI=1S/C60H36F3N5/c1-64-45-18-12-17-42(31-45)50-34-59(68-55-22-11-9-20-47(55)49-28-24-41(33-57(49)68)44-26-30-53(66-37-44)39-15-6-3-7-16-39)51(60(61,62)63)35-58(50)67-54-21-10-8-19-46(54)48-27-23-40(32-56(48)67)43-25-29-52(65-36-43)38-13-4-2-5-14-38/h2-37H. The van der Waals surface area contributed by atoms with Crippen molar-refractivity contribution in [2.24, 2.45) is 0 Å². The highest BCUT2D eigenvalue weighted by atomic mass is 19.4. The first-order chi connectivity index (χ1) is 33.3. The Bertz CT molecular complexity index is 3940. The molecular weight excluding hydrogens is 848 g/mol. The highest BCUT2D eigenvalue weighted by Gasteiger charge is 2.37. The summed E-state index contributed by atoms with van der Waals surface area (Å²) in [5.74, 6) is 0. The lowest BCUT2D eigenvalue weighted by Crippen LogP contribution is -2.13. The van der Waals surface area contributed by atoms with Gasteiger partial charge in [-0.05, 0) is 71.3 Å². The van der Waals surface area contributed by atoms with Crippen LogP contribution in [0.1, 0.15) is 5.56 Å². The van der Waals surface area contributed by atoms with E-state index in [1.54, 1.807) is 28.8 Å². The van der Waals surface area contributed by atoms with Crippen molar-refractivity contribution in [1.29, 1.82) is 0 Å². The van der Waals surface area contributed by atoms with Gasteiger partial charge >= 0.3 is 6.18 Å². The number of para-hydroxylation sites is 2. The normalized spacial score (nSPS) is 11.7. The third-order valence-electron chi connectivity index (χ3n) is 12.9. The first kappa shape index (κ1) is 40.4. The van der Waals surface area contributed by atoms with Crippen molar-refractivity contribution in [3.05, 3.63) is 236 Å². The van der Waals surface area contributed by atoms with Crippen LogP contribution in [0, 0.1) is 6.57 Å². The molecule has 0 N–H and O–H groups in total. The van der Waals surface area contributed by atoms with Gasteiger partial charge in [-0.25, -0.2) is 4.85 Å². The summed E-state index contributed by atoms with van der Waals surface area (Å²) >= 11 is 0. The van der Waals surface area contributed by atoms with E-state index in [1.807, 2.05) is 193 Å². The van der Waals surface area contributed by atoms with Crippen molar-refractivity contribution < 1.29 is 13.2 Å². The van der Waals surface area contributed by atoms with Crippen molar-refractivity contribution in [1.82, 2.24) is 19.1 Å². The molecule has 8 aromatic carbocycles. The van der Waals surface area contributed by atoms with Crippen LogP contribution in [0.2, 0.25) is 0 Å². The minimum absolute atomic E-state index is 0.0311. The molecule has 0 saturated heterocycles. The van der Waals surface area contributed by atoms with Gasteiger partial charge in [-0.1, -0.05) is 152 Å². The molecule has 0 aliphatic carbocycles. The van der Waals surface area contributed by atoms with Crippen molar-refractivity contribution in [3.8, 4) is 67.3 Å². The quantitative estimate of drug-likeness (QED) is 0.150.